The first-order chi connectivity index (χ1) is 15.7. The van der Waals surface area contributed by atoms with Crippen LogP contribution in [0.3, 0.4) is 0 Å². The van der Waals surface area contributed by atoms with E-state index in [-0.39, 0.29) is 11.8 Å². The second kappa shape index (κ2) is 8.51. The molecule has 2 N–H and O–H groups in total. The first kappa shape index (κ1) is 19.8. The molecule has 1 saturated carbocycles. The van der Waals surface area contributed by atoms with Crippen LogP contribution in [0, 0.1) is 0 Å². The van der Waals surface area contributed by atoms with Gasteiger partial charge in [-0.15, -0.1) is 0 Å². The lowest BCUT2D eigenvalue weighted by atomic mass is 10.1. The quantitative estimate of drug-likeness (QED) is 0.449. The summed E-state index contributed by atoms with van der Waals surface area (Å²) in [5.41, 5.74) is 3.14. The summed E-state index contributed by atoms with van der Waals surface area (Å²) in [6.45, 7) is 0. The lowest BCUT2D eigenvalue weighted by Crippen LogP contribution is -2.25. The number of amides is 2. The third kappa shape index (κ3) is 4.30. The average molecular weight is 423 g/mol. The van der Waals surface area contributed by atoms with E-state index in [0.29, 0.717) is 40.1 Å². The minimum absolute atomic E-state index is 0.0890. The van der Waals surface area contributed by atoms with Crippen LogP contribution in [0.15, 0.2) is 89.5 Å². The Morgan fingerprint density at radius 3 is 2.31 bits per heavy atom. The predicted octanol–water partition coefficient (Wildman–Crippen LogP) is 5.15. The number of hydrogen-bond acceptors (Lipinski definition) is 4. The maximum atomic E-state index is 13.0. The lowest BCUT2D eigenvalue weighted by Gasteiger charge is -2.09. The Hall–Kier alpha value is -4.19. The molecular formula is C26H21N3O3. The van der Waals surface area contributed by atoms with Crippen molar-refractivity contribution >= 4 is 17.5 Å². The normalized spacial score (nSPS) is 12.9. The predicted molar refractivity (Wildman–Crippen MR) is 122 cm³/mol. The van der Waals surface area contributed by atoms with Gasteiger partial charge < -0.3 is 15.1 Å². The van der Waals surface area contributed by atoms with Crippen molar-refractivity contribution < 1.29 is 14.0 Å². The molecule has 0 bridgehead atoms. The van der Waals surface area contributed by atoms with Crippen molar-refractivity contribution in [3.8, 4) is 22.8 Å². The topological polar surface area (TPSA) is 84.2 Å². The van der Waals surface area contributed by atoms with Gasteiger partial charge in [-0.2, -0.15) is 0 Å². The first-order valence-electron chi connectivity index (χ1n) is 10.5. The van der Waals surface area contributed by atoms with Gasteiger partial charge in [0, 0.05) is 28.4 Å². The zero-order chi connectivity index (χ0) is 21.9. The van der Waals surface area contributed by atoms with Crippen LogP contribution in [0.1, 0.15) is 33.6 Å². The summed E-state index contributed by atoms with van der Waals surface area (Å²) >= 11 is 0. The number of benzene rings is 3. The Morgan fingerprint density at radius 2 is 1.56 bits per heavy atom. The molecule has 1 aliphatic carbocycles. The molecule has 158 valence electrons. The highest BCUT2D eigenvalue weighted by atomic mass is 16.4. The molecule has 0 radical (unpaired) electrons. The van der Waals surface area contributed by atoms with Gasteiger partial charge in [-0.25, -0.2) is 4.98 Å². The zero-order valence-electron chi connectivity index (χ0n) is 17.2. The summed E-state index contributed by atoms with van der Waals surface area (Å²) in [7, 11) is 0. The largest absolute Gasteiger partial charge is 0.436 e. The van der Waals surface area contributed by atoms with Crippen molar-refractivity contribution in [1.82, 2.24) is 10.3 Å². The van der Waals surface area contributed by atoms with Gasteiger partial charge in [-0.3, -0.25) is 9.59 Å². The molecule has 1 fully saturated rings. The summed E-state index contributed by atoms with van der Waals surface area (Å²) in [5, 5.41) is 5.84. The number of oxazole rings is 1. The summed E-state index contributed by atoms with van der Waals surface area (Å²) in [6.07, 6.45) is 3.73. The van der Waals surface area contributed by atoms with E-state index in [9.17, 15) is 9.59 Å². The monoisotopic (exact) mass is 423 g/mol. The molecule has 6 nitrogen and oxygen atoms in total. The van der Waals surface area contributed by atoms with E-state index < -0.39 is 0 Å². The lowest BCUT2D eigenvalue weighted by molar-refractivity contribution is 0.0950. The third-order valence-electron chi connectivity index (χ3n) is 5.28. The molecule has 1 heterocycles. The standard InChI is InChI=1S/C26H21N3O3/c30-24(28-20-14-15-20)18-10-12-19(13-11-18)29-25(31)21-8-4-5-9-22(21)26-27-16-23(32-26)17-6-2-1-3-7-17/h1-13,16,20H,14-15H2,(H,28,30)(H,29,31). The van der Waals surface area contributed by atoms with Gasteiger partial charge in [-0.05, 0) is 49.2 Å². The van der Waals surface area contributed by atoms with Crippen LogP contribution < -0.4 is 10.6 Å². The summed E-state index contributed by atoms with van der Waals surface area (Å²) in [4.78, 5) is 29.5. The van der Waals surface area contributed by atoms with Crippen molar-refractivity contribution in [1.29, 1.82) is 0 Å². The fourth-order valence-electron chi connectivity index (χ4n) is 3.40. The summed E-state index contributed by atoms with van der Waals surface area (Å²) in [6, 6.07) is 24.0. The van der Waals surface area contributed by atoms with E-state index in [2.05, 4.69) is 15.6 Å². The van der Waals surface area contributed by atoms with Crippen LogP contribution in [-0.4, -0.2) is 22.8 Å². The van der Waals surface area contributed by atoms with E-state index in [0.717, 1.165) is 18.4 Å². The highest BCUT2D eigenvalue weighted by Gasteiger charge is 2.23. The van der Waals surface area contributed by atoms with Crippen molar-refractivity contribution in [3.63, 3.8) is 0 Å². The fourth-order valence-corrected chi connectivity index (χ4v) is 3.40. The van der Waals surface area contributed by atoms with Gasteiger partial charge in [0.05, 0.1) is 11.8 Å². The van der Waals surface area contributed by atoms with Gasteiger partial charge in [0.15, 0.2) is 5.76 Å². The van der Waals surface area contributed by atoms with Gasteiger partial charge in [0.2, 0.25) is 5.89 Å². The Balaban J connectivity index is 1.34. The zero-order valence-corrected chi connectivity index (χ0v) is 17.2. The molecule has 32 heavy (non-hydrogen) atoms. The number of carbonyl (C=O) groups is 2. The van der Waals surface area contributed by atoms with Crippen LogP contribution in [-0.2, 0) is 0 Å². The van der Waals surface area contributed by atoms with Crippen LogP contribution in [0.2, 0.25) is 0 Å². The van der Waals surface area contributed by atoms with E-state index in [1.807, 2.05) is 36.4 Å². The van der Waals surface area contributed by atoms with Gasteiger partial charge in [0.1, 0.15) is 0 Å². The number of rotatable bonds is 6. The number of carbonyl (C=O) groups excluding carboxylic acids is 2. The van der Waals surface area contributed by atoms with Crippen molar-refractivity contribution in [2.24, 2.45) is 0 Å². The molecule has 0 saturated heterocycles. The number of nitrogens with one attached hydrogen (secondary N) is 2. The molecule has 2 amide bonds. The Kier molecular flexibility index (Phi) is 5.25. The molecule has 0 unspecified atom stereocenters. The summed E-state index contributed by atoms with van der Waals surface area (Å²) < 4.78 is 5.94. The van der Waals surface area contributed by atoms with E-state index >= 15 is 0 Å². The van der Waals surface area contributed by atoms with E-state index in [1.54, 1.807) is 48.7 Å². The fraction of sp³-hybridized carbons (Fsp3) is 0.115. The molecule has 5 rings (SSSR count). The second-order valence-electron chi connectivity index (χ2n) is 7.72. The Labute approximate surface area is 185 Å². The van der Waals surface area contributed by atoms with Crippen LogP contribution in [0.4, 0.5) is 5.69 Å². The number of nitrogens with zero attached hydrogens (tertiary/aromatic N) is 1. The maximum Gasteiger partial charge on any atom is 0.256 e. The van der Waals surface area contributed by atoms with Gasteiger partial charge in [-0.1, -0.05) is 42.5 Å². The smallest absolute Gasteiger partial charge is 0.256 e. The highest BCUT2D eigenvalue weighted by molar-refractivity contribution is 6.08. The SMILES string of the molecule is O=C(NC1CC1)c1ccc(NC(=O)c2ccccc2-c2ncc(-c3ccccc3)o2)cc1. The number of aromatic nitrogens is 1. The van der Waals surface area contributed by atoms with Crippen LogP contribution in [0.25, 0.3) is 22.8 Å². The van der Waals surface area contributed by atoms with Crippen molar-refractivity contribution in [2.45, 2.75) is 18.9 Å². The van der Waals surface area contributed by atoms with Crippen molar-refractivity contribution in [3.05, 3.63) is 96.2 Å². The molecule has 4 aromatic rings. The van der Waals surface area contributed by atoms with E-state index in [1.165, 1.54) is 0 Å². The first-order valence-corrected chi connectivity index (χ1v) is 10.5. The average Bonchev–Trinajstić information content (AvgIpc) is 3.51. The highest BCUT2D eigenvalue weighted by Crippen LogP contribution is 2.28. The van der Waals surface area contributed by atoms with Crippen molar-refractivity contribution in [2.75, 3.05) is 5.32 Å². The minimum Gasteiger partial charge on any atom is -0.436 e. The Bertz CT molecular complexity index is 1260. The molecule has 0 atom stereocenters. The maximum absolute atomic E-state index is 13.0. The molecule has 1 aromatic heterocycles. The van der Waals surface area contributed by atoms with Gasteiger partial charge >= 0.3 is 0 Å². The van der Waals surface area contributed by atoms with Crippen LogP contribution in [0.5, 0.6) is 0 Å². The van der Waals surface area contributed by atoms with Crippen LogP contribution >= 0.6 is 0 Å². The van der Waals surface area contributed by atoms with E-state index in [4.69, 9.17) is 4.42 Å². The molecule has 0 spiro atoms. The minimum atomic E-state index is -0.282. The number of hydrogen-bond donors (Lipinski definition) is 2. The molecule has 6 heteroatoms. The molecular weight excluding hydrogens is 402 g/mol. The van der Waals surface area contributed by atoms with Gasteiger partial charge in [0.25, 0.3) is 11.8 Å². The molecule has 3 aromatic carbocycles. The number of anilines is 1. The second-order valence-corrected chi connectivity index (χ2v) is 7.72. The third-order valence-corrected chi connectivity index (χ3v) is 5.28. The molecule has 1 aliphatic rings. The Morgan fingerprint density at radius 1 is 0.844 bits per heavy atom. The molecule has 0 aliphatic heterocycles. The summed E-state index contributed by atoms with van der Waals surface area (Å²) in [5.74, 6) is 0.640.